The number of nitriles is 3. The molecular weight excluding hydrogens is 368 g/mol. The van der Waals surface area contributed by atoms with Gasteiger partial charge in [-0.25, -0.2) is 0 Å². The molecule has 1 aromatic heterocycles. The number of nitro groups is 1. The molecule has 1 N–H and O–H groups in total. The van der Waals surface area contributed by atoms with Crippen molar-refractivity contribution in [1.29, 1.82) is 15.8 Å². The quantitative estimate of drug-likeness (QED) is 0.530. The molecule has 138 valence electrons. The van der Waals surface area contributed by atoms with E-state index in [1.165, 1.54) is 18.2 Å². The molecule has 0 bridgehead atoms. The van der Waals surface area contributed by atoms with Gasteiger partial charge in [0.25, 0.3) is 5.69 Å². The van der Waals surface area contributed by atoms with Crippen molar-refractivity contribution in [1.82, 2.24) is 4.57 Å². The lowest BCUT2D eigenvalue weighted by atomic mass is 9.89. The summed E-state index contributed by atoms with van der Waals surface area (Å²) in [6.45, 7) is 1.95. The van der Waals surface area contributed by atoms with Gasteiger partial charge in [0.2, 0.25) is 5.54 Å². The Labute approximate surface area is 165 Å². The zero-order chi connectivity index (χ0) is 20.8. The summed E-state index contributed by atoms with van der Waals surface area (Å²) in [4.78, 5) is 10.7. The number of anilines is 1. The lowest BCUT2D eigenvalue weighted by molar-refractivity contribution is -0.384. The van der Waals surface area contributed by atoms with Gasteiger partial charge in [-0.05, 0) is 18.6 Å². The largest absolute Gasteiger partial charge is 0.337 e. The summed E-state index contributed by atoms with van der Waals surface area (Å²) >= 11 is 0. The molecule has 0 aliphatic carbocycles. The van der Waals surface area contributed by atoms with E-state index in [0.29, 0.717) is 11.3 Å². The van der Waals surface area contributed by atoms with E-state index in [9.17, 15) is 25.9 Å². The van der Waals surface area contributed by atoms with E-state index in [4.69, 9.17) is 0 Å². The maximum absolute atomic E-state index is 11.3. The molecular formula is C21H12N6O2. The highest BCUT2D eigenvalue weighted by Crippen LogP contribution is 2.43. The predicted molar refractivity (Wildman–Crippen MR) is 104 cm³/mol. The van der Waals surface area contributed by atoms with Crippen molar-refractivity contribution in [2.75, 3.05) is 5.32 Å². The number of rotatable bonds is 2. The second-order valence-electron chi connectivity index (χ2n) is 6.67. The fourth-order valence-electron chi connectivity index (χ4n) is 3.48. The maximum Gasteiger partial charge on any atom is 0.271 e. The highest BCUT2D eigenvalue weighted by molar-refractivity contribution is 5.82. The number of nitrogens with zero attached hydrogens (tertiary/aromatic N) is 5. The Kier molecular flexibility index (Phi) is 3.82. The minimum atomic E-state index is -1.77. The standard InChI is InChI=1S/C21H12N6O2/c1-13-2-4-14(5-3-13)17-10-26-19-8-15(27(28)29)6-7-18(19)21(11-23,12-24)25-20(26)16(17)9-22/h2-8,10,25H,1H3. The third kappa shape index (κ3) is 2.50. The van der Waals surface area contributed by atoms with Crippen molar-refractivity contribution >= 4 is 11.5 Å². The van der Waals surface area contributed by atoms with Crippen molar-refractivity contribution < 1.29 is 4.92 Å². The molecule has 1 aliphatic rings. The minimum Gasteiger partial charge on any atom is -0.337 e. The third-order valence-electron chi connectivity index (χ3n) is 4.98. The Morgan fingerprint density at radius 2 is 1.79 bits per heavy atom. The molecule has 8 nitrogen and oxygen atoms in total. The van der Waals surface area contributed by atoms with Gasteiger partial charge >= 0.3 is 0 Å². The molecule has 2 aromatic carbocycles. The van der Waals surface area contributed by atoms with E-state index >= 15 is 0 Å². The van der Waals surface area contributed by atoms with Gasteiger partial charge in [0.15, 0.2) is 0 Å². The van der Waals surface area contributed by atoms with Gasteiger partial charge in [-0.3, -0.25) is 10.1 Å². The molecule has 0 saturated carbocycles. The molecule has 1 aliphatic heterocycles. The first-order valence-electron chi connectivity index (χ1n) is 8.56. The van der Waals surface area contributed by atoms with E-state index in [1.807, 2.05) is 43.3 Å². The van der Waals surface area contributed by atoms with Gasteiger partial charge in [-0.2, -0.15) is 15.8 Å². The van der Waals surface area contributed by atoms with Crippen molar-refractivity contribution in [2.45, 2.75) is 12.5 Å². The fourth-order valence-corrected chi connectivity index (χ4v) is 3.48. The van der Waals surface area contributed by atoms with Crippen LogP contribution in [0.3, 0.4) is 0 Å². The van der Waals surface area contributed by atoms with E-state index in [0.717, 1.165) is 11.1 Å². The van der Waals surface area contributed by atoms with Crippen LogP contribution in [0.1, 0.15) is 16.7 Å². The van der Waals surface area contributed by atoms with Crippen LogP contribution in [0, 0.1) is 51.0 Å². The Hall–Kier alpha value is -4.61. The van der Waals surface area contributed by atoms with Gasteiger partial charge < -0.3 is 9.88 Å². The second-order valence-corrected chi connectivity index (χ2v) is 6.67. The van der Waals surface area contributed by atoms with E-state index in [-0.39, 0.29) is 22.6 Å². The van der Waals surface area contributed by atoms with Gasteiger partial charge in [-0.15, -0.1) is 0 Å². The van der Waals surface area contributed by atoms with Gasteiger partial charge in [0.1, 0.15) is 29.6 Å². The summed E-state index contributed by atoms with van der Waals surface area (Å²) in [7, 11) is 0. The minimum absolute atomic E-state index is 0.175. The third-order valence-corrected chi connectivity index (χ3v) is 4.98. The monoisotopic (exact) mass is 380 g/mol. The average Bonchev–Trinajstić information content (AvgIpc) is 3.11. The summed E-state index contributed by atoms with van der Waals surface area (Å²) in [6, 6.07) is 17.6. The molecule has 3 aromatic rings. The first-order valence-corrected chi connectivity index (χ1v) is 8.56. The molecule has 4 rings (SSSR count). The Bertz CT molecular complexity index is 1290. The van der Waals surface area contributed by atoms with Crippen LogP contribution < -0.4 is 5.32 Å². The van der Waals surface area contributed by atoms with Crippen molar-refractivity contribution in [3.8, 4) is 35.0 Å². The fraction of sp³-hybridized carbons (Fsp3) is 0.0952. The van der Waals surface area contributed by atoms with Crippen LogP contribution in [0.25, 0.3) is 16.8 Å². The normalized spacial score (nSPS) is 13.0. The predicted octanol–water partition coefficient (Wildman–Crippen LogP) is 3.90. The molecule has 0 saturated heterocycles. The first kappa shape index (κ1) is 17.8. The molecule has 0 atom stereocenters. The number of hydrogen-bond donors (Lipinski definition) is 1. The lowest BCUT2D eigenvalue weighted by Crippen LogP contribution is -2.37. The highest BCUT2D eigenvalue weighted by Gasteiger charge is 2.42. The van der Waals surface area contributed by atoms with Crippen molar-refractivity contribution in [3.63, 3.8) is 0 Å². The topological polar surface area (TPSA) is 131 Å². The van der Waals surface area contributed by atoms with Gasteiger partial charge in [-0.1, -0.05) is 29.8 Å². The molecule has 0 radical (unpaired) electrons. The van der Waals surface area contributed by atoms with E-state index in [2.05, 4.69) is 11.4 Å². The Morgan fingerprint density at radius 3 is 2.38 bits per heavy atom. The van der Waals surface area contributed by atoms with Crippen LogP contribution in [0.15, 0.2) is 48.7 Å². The molecule has 29 heavy (non-hydrogen) atoms. The zero-order valence-corrected chi connectivity index (χ0v) is 15.2. The molecule has 0 fully saturated rings. The molecule has 2 heterocycles. The molecule has 0 amide bonds. The number of aromatic nitrogens is 1. The number of aryl methyl sites for hydroxylation is 1. The first-order chi connectivity index (χ1) is 13.9. The van der Waals surface area contributed by atoms with Crippen molar-refractivity contribution in [2.24, 2.45) is 0 Å². The van der Waals surface area contributed by atoms with Crippen LogP contribution in [-0.4, -0.2) is 9.49 Å². The van der Waals surface area contributed by atoms with Crippen LogP contribution in [0.4, 0.5) is 11.5 Å². The van der Waals surface area contributed by atoms with Crippen LogP contribution >= 0.6 is 0 Å². The summed E-state index contributed by atoms with van der Waals surface area (Å²) in [5.74, 6) is 0.249. The average molecular weight is 380 g/mol. The lowest BCUT2D eigenvalue weighted by Gasteiger charge is -2.30. The summed E-state index contributed by atoms with van der Waals surface area (Å²) < 4.78 is 1.59. The number of fused-ring (bicyclic) bond motifs is 3. The van der Waals surface area contributed by atoms with Crippen LogP contribution in [0.2, 0.25) is 0 Å². The number of hydrogen-bond acceptors (Lipinski definition) is 6. The Morgan fingerprint density at radius 1 is 1.10 bits per heavy atom. The van der Waals surface area contributed by atoms with Gasteiger partial charge in [0, 0.05) is 29.5 Å². The number of nitro benzene ring substituents is 1. The molecule has 0 spiro atoms. The summed E-state index contributed by atoms with van der Waals surface area (Å²) in [5, 5.41) is 43.5. The maximum atomic E-state index is 11.3. The van der Waals surface area contributed by atoms with Crippen molar-refractivity contribution in [3.05, 3.63) is 75.5 Å². The summed E-state index contributed by atoms with van der Waals surface area (Å²) in [6.07, 6.45) is 1.69. The Balaban J connectivity index is 2.06. The number of nitrogens with one attached hydrogen (secondary N) is 1. The number of benzene rings is 2. The van der Waals surface area contributed by atoms with Crippen LogP contribution in [-0.2, 0) is 5.54 Å². The summed E-state index contributed by atoms with van der Waals surface area (Å²) in [5.41, 5.74) is 1.34. The SMILES string of the molecule is Cc1ccc(-c2cn3c(c2C#N)NC(C#N)(C#N)c2ccc([N+](=O)[O-])cc2-3)cc1. The molecule has 8 heteroatoms. The zero-order valence-electron chi connectivity index (χ0n) is 15.2. The van der Waals surface area contributed by atoms with Gasteiger partial charge in [0.05, 0.1) is 10.6 Å². The van der Waals surface area contributed by atoms with E-state index in [1.54, 1.807) is 10.8 Å². The second kappa shape index (κ2) is 6.23. The highest BCUT2D eigenvalue weighted by atomic mass is 16.6. The smallest absolute Gasteiger partial charge is 0.271 e. The van der Waals surface area contributed by atoms with Crippen LogP contribution in [0.5, 0.6) is 0 Å². The number of non-ortho nitro benzene ring substituents is 1. The van der Waals surface area contributed by atoms with E-state index < -0.39 is 10.5 Å². The molecule has 0 unspecified atom stereocenters.